The minimum Gasteiger partial charge on any atom is -0.355 e. The van der Waals surface area contributed by atoms with Gasteiger partial charge in [0.05, 0.1) is 6.20 Å². The minimum absolute atomic E-state index is 0.0561. The van der Waals surface area contributed by atoms with E-state index < -0.39 is 0 Å². The van der Waals surface area contributed by atoms with Crippen molar-refractivity contribution in [2.75, 3.05) is 23.3 Å². The van der Waals surface area contributed by atoms with Crippen molar-refractivity contribution < 1.29 is 4.79 Å². The molecule has 2 heterocycles. The number of carbonyl (C=O) groups excluding carboxylic acids is 1. The van der Waals surface area contributed by atoms with E-state index in [9.17, 15) is 4.79 Å². The number of carbonyl (C=O) groups is 1. The number of piperidine rings is 1. The number of rotatable bonds is 4. The molecule has 0 atom stereocenters. The lowest BCUT2D eigenvalue weighted by atomic mass is 9.95. The number of benzene rings is 1. The topological polar surface area (TPSA) is 58.1 Å². The fourth-order valence-corrected chi connectivity index (χ4v) is 3.05. The van der Waals surface area contributed by atoms with Gasteiger partial charge in [0.2, 0.25) is 5.91 Å². The fourth-order valence-electron chi connectivity index (χ4n) is 3.05. The Kier molecular flexibility index (Phi) is 5.08. The number of hydrogen-bond donors (Lipinski definition) is 1. The van der Waals surface area contributed by atoms with Crippen LogP contribution >= 0.6 is 0 Å². The fraction of sp³-hybridized carbons (Fsp3) is 0.421. The zero-order valence-electron chi connectivity index (χ0n) is 14.3. The molecule has 1 amide bonds. The molecule has 1 aliphatic rings. The van der Waals surface area contributed by atoms with Crippen molar-refractivity contribution in [1.29, 1.82) is 0 Å². The molecule has 0 spiro atoms. The van der Waals surface area contributed by atoms with Crippen LogP contribution in [-0.2, 0) is 4.79 Å². The maximum absolute atomic E-state index is 12.5. The van der Waals surface area contributed by atoms with Crippen molar-refractivity contribution in [3.8, 4) is 0 Å². The van der Waals surface area contributed by atoms with Crippen LogP contribution in [0.3, 0.4) is 0 Å². The predicted octanol–water partition coefficient (Wildman–Crippen LogP) is 3.46. The standard InChI is InChI=1S/C19H24N4O/c1-14(2)16-4-3-5-17(12-16)22-19(24)15-6-10-23(11-7-15)18-13-20-8-9-21-18/h3-5,8-9,12-15H,6-7,10-11H2,1-2H3,(H,22,24). The lowest BCUT2D eigenvalue weighted by Gasteiger charge is -2.31. The molecular formula is C19H24N4O. The molecule has 0 unspecified atom stereocenters. The Morgan fingerprint density at radius 3 is 2.71 bits per heavy atom. The van der Waals surface area contributed by atoms with Crippen molar-refractivity contribution >= 4 is 17.4 Å². The smallest absolute Gasteiger partial charge is 0.227 e. The van der Waals surface area contributed by atoms with E-state index in [-0.39, 0.29) is 11.8 Å². The second-order valence-electron chi connectivity index (χ2n) is 6.59. The second kappa shape index (κ2) is 7.43. The zero-order chi connectivity index (χ0) is 16.9. The quantitative estimate of drug-likeness (QED) is 0.936. The van der Waals surface area contributed by atoms with Crippen molar-refractivity contribution in [1.82, 2.24) is 9.97 Å². The van der Waals surface area contributed by atoms with Gasteiger partial charge in [-0.3, -0.25) is 9.78 Å². The predicted molar refractivity (Wildman–Crippen MR) is 96.1 cm³/mol. The summed E-state index contributed by atoms with van der Waals surface area (Å²) in [5.74, 6) is 1.52. The van der Waals surface area contributed by atoms with Crippen LogP contribution in [0.25, 0.3) is 0 Å². The Morgan fingerprint density at radius 2 is 2.04 bits per heavy atom. The lowest BCUT2D eigenvalue weighted by molar-refractivity contribution is -0.120. The van der Waals surface area contributed by atoms with Crippen molar-refractivity contribution in [2.24, 2.45) is 5.92 Å². The number of nitrogens with zero attached hydrogens (tertiary/aromatic N) is 3. The summed E-state index contributed by atoms with van der Waals surface area (Å²) in [4.78, 5) is 23.2. The van der Waals surface area contributed by atoms with Gasteiger partial charge in [-0.1, -0.05) is 26.0 Å². The summed E-state index contributed by atoms with van der Waals surface area (Å²) >= 11 is 0. The van der Waals surface area contributed by atoms with Gasteiger partial charge < -0.3 is 10.2 Å². The summed E-state index contributed by atoms with van der Waals surface area (Å²) in [6.45, 7) is 5.98. The first-order valence-electron chi connectivity index (χ1n) is 8.55. The largest absolute Gasteiger partial charge is 0.355 e. The minimum atomic E-state index is 0.0561. The van der Waals surface area contributed by atoms with E-state index in [0.29, 0.717) is 5.92 Å². The van der Waals surface area contributed by atoms with E-state index in [1.165, 1.54) is 5.56 Å². The normalized spacial score (nSPS) is 15.5. The van der Waals surface area contributed by atoms with Gasteiger partial charge in [-0.25, -0.2) is 4.98 Å². The van der Waals surface area contributed by atoms with Gasteiger partial charge in [0, 0.05) is 37.1 Å². The van der Waals surface area contributed by atoms with E-state index in [4.69, 9.17) is 0 Å². The van der Waals surface area contributed by atoms with Crippen LogP contribution in [0.2, 0.25) is 0 Å². The van der Waals surface area contributed by atoms with Gasteiger partial charge >= 0.3 is 0 Å². The first-order chi connectivity index (χ1) is 11.6. The van der Waals surface area contributed by atoms with Crippen molar-refractivity contribution in [2.45, 2.75) is 32.6 Å². The molecule has 0 radical (unpaired) electrons. The highest BCUT2D eigenvalue weighted by molar-refractivity contribution is 5.92. The van der Waals surface area contributed by atoms with Crippen LogP contribution in [-0.4, -0.2) is 29.0 Å². The van der Waals surface area contributed by atoms with Gasteiger partial charge in [-0.2, -0.15) is 0 Å². The SMILES string of the molecule is CC(C)c1cccc(NC(=O)C2CCN(c3cnccn3)CC2)c1. The molecule has 1 aliphatic heterocycles. The second-order valence-corrected chi connectivity index (χ2v) is 6.59. The van der Waals surface area contributed by atoms with Gasteiger partial charge in [0.1, 0.15) is 5.82 Å². The molecule has 1 aromatic heterocycles. The summed E-state index contributed by atoms with van der Waals surface area (Å²) in [6.07, 6.45) is 6.83. The molecule has 0 bridgehead atoms. The molecule has 1 aromatic carbocycles. The molecule has 5 nitrogen and oxygen atoms in total. The number of amides is 1. The molecule has 2 aromatic rings. The summed E-state index contributed by atoms with van der Waals surface area (Å²) in [6, 6.07) is 8.12. The molecular weight excluding hydrogens is 300 g/mol. The molecule has 1 saturated heterocycles. The van der Waals surface area contributed by atoms with Crippen LogP contribution in [0, 0.1) is 5.92 Å². The van der Waals surface area contributed by atoms with Crippen LogP contribution in [0.5, 0.6) is 0 Å². The summed E-state index contributed by atoms with van der Waals surface area (Å²) in [7, 11) is 0. The van der Waals surface area contributed by atoms with Crippen molar-refractivity contribution in [3.05, 3.63) is 48.4 Å². The Bertz CT molecular complexity index is 679. The van der Waals surface area contributed by atoms with E-state index in [1.54, 1.807) is 18.6 Å². The maximum atomic E-state index is 12.5. The highest BCUT2D eigenvalue weighted by Gasteiger charge is 2.25. The highest BCUT2D eigenvalue weighted by atomic mass is 16.1. The van der Waals surface area contributed by atoms with Gasteiger partial charge in [-0.15, -0.1) is 0 Å². The number of anilines is 2. The third kappa shape index (κ3) is 3.91. The van der Waals surface area contributed by atoms with Crippen LogP contribution in [0.15, 0.2) is 42.9 Å². The van der Waals surface area contributed by atoms with Crippen LogP contribution in [0.4, 0.5) is 11.5 Å². The van der Waals surface area contributed by atoms with Crippen LogP contribution < -0.4 is 10.2 Å². The highest BCUT2D eigenvalue weighted by Crippen LogP contribution is 2.24. The average Bonchev–Trinajstić information content (AvgIpc) is 2.63. The summed E-state index contributed by atoms with van der Waals surface area (Å²) < 4.78 is 0. The van der Waals surface area contributed by atoms with E-state index >= 15 is 0 Å². The number of nitrogens with one attached hydrogen (secondary N) is 1. The lowest BCUT2D eigenvalue weighted by Crippen LogP contribution is -2.38. The number of aromatic nitrogens is 2. The van der Waals surface area contributed by atoms with E-state index in [2.05, 4.69) is 46.2 Å². The molecule has 5 heteroatoms. The first-order valence-corrected chi connectivity index (χ1v) is 8.55. The Hall–Kier alpha value is -2.43. The third-order valence-electron chi connectivity index (χ3n) is 4.56. The maximum Gasteiger partial charge on any atom is 0.227 e. The molecule has 1 fully saturated rings. The monoisotopic (exact) mass is 324 g/mol. The summed E-state index contributed by atoms with van der Waals surface area (Å²) in [5.41, 5.74) is 2.13. The summed E-state index contributed by atoms with van der Waals surface area (Å²) in [5, 5.41) is 3.08. The molecule has 24 heavy (non-hydrogen) atoms. The molecule has 126 valence electrons. The van der Waals surface area contributed by atoms with Gasteiger partial charge in [0.25, 0.3) is 0 Å². The van der Waals surface area contributed by atoms with E-state index in [1.807, 2.05) is 12.1 Å². The zero-order valence-corrected chi connectivity index (χ0v) is 14.3. The van der Waals surface area contributed by atoms with Crippen molar-refractivity contribution in [3.63, 3.8) is 0 Å². The average molecular weight is 324 g/mol. The Balaban J connectivity index is 1.56. The third-order valence-corrected chi connectivity index (χ3v) is 4.56. The van der Waals surface area contributed by atoms with Crippen LogP contribution in [0.1, 0.15) is 38.2 Å². The van der Waals surface area contributed by atoms with Gasteiger partial charge in [0.15, 0.2) is 0 Å². The Labute approximate surface area is 143 Å². The van der Waals surface area contributed by atoms with E-state index in [0.717, 1.165) is 37.4 Å². The van der Waals surface area contributed by atoms with Gasteiger partial charge in [-0.05, 0) is 36.5 Å². The molecule has 1 N–H and O–H groups in total. The number of hydrogen-bond acceptors (Lipinski definition) is 4. The molecule has 0 aliphatic carbocycles. The Morgan fingerprint density at radius 1 is 1.25 bits per heavy atom. The molecule has 0 saturated carbocycles. The molecule has 3 rings (SSSR count). The first kappa shape index (κ1) is 16.4.